The SMILES string of the molecule is CCc1cccc(OCC(=O)c2c(C)c(C(=O)OC)n(CC)c2C)c1. The van der Waals surface area contributed by atoms with E-state index in [4.69, 9.17) is 9.47 Å². The molecule has 0 aliphatic rings. The Morgan fingerprint density at radius 3 is 2.48 bits per heavy atom. The number of ketones is 1. The second-order valence-electron chi connectivity index (χ2n) is 5.88. The first kappa shape index (κ1) is 18.8. The van der Waals surface area contributed by atoms with Crippen LogP contribution in [0.1, 0.15) is 51.5 Å². The Labute approximate surface area is 148 Å². The van der Waals surface area contributed by atoms with Crippen molar-refractivity contribution < 1.29 is 19.1 Å². The Balaban J connectivity index is 2.27. The number of methoxy groups -OCH3 is 1. The highest BCUT2D eigenvalue weighted by Gasteiger charge is 2.26. The van der Waals surface area contributed by atoms with E-state index in [1.165, 1.54) is 7.11 Å². The van der Waals surface area contributed by atoms with E-state index >= 15 is 0 Å². The molecule has 25 heavy (non-hydrogen) atoms. The summed E-state index contributed by atoms with van der Waals surface area (Å²) in [5, 5.41) is 0. The summed E-state index contributed by atoms with van der Waals surface area (Å²) in [6.07, 6.45) is 0.908. The van der Waals surface area contributed by atoms with Gasteiger partial charge in [-0.25, -0.2) is 4.79 Å². The van der Waals surface area contributed by atoms with E-state index in [0.717, 1.165) is 17.7 Å². The first-order chi connectivity index (χ1) is 11.9. The van der Waals surface area contributed by atoms with Crippen LogP contribution in [-0.2, 0) is 17.7 Å². The molecule has 0 atom stereocenters. The van der Waals surface area contributed by atoms with E-state index in [1.807, 2.05) is 42.7 Å². The van der Waals surface area contributed by atoms with Gasteiger partial charge in [0.15, 0.2) is 6.61 Å². The Bertz CT molecular complexity index is 789. The minimum atomic E-state index is -0.432. The molecule has 0 saturated carbocycles. The first-order valence-corrected chi connectivity index (χ1v) is 8.47. The minimum absolute atomic E-state index is 0.0663. The Morgan fingerprint density at radius 2 is 1.88 bits per heavy atom. The van der Waals surface area contributed by atoms with Crippen LogP contribution < -0.4 is 4.74 Å². The van der Waals surface area contributed by atoms with Crippen LogP contribution in [0.4, 0.5) is 0 Å². The van der Waals surface area contributed by atoms with Crippen molar-refractivity contribution in [3.8, 4) is 5.75 Å². The normalized spacial score (nSPS) is 10.6. The molecule has 5 nitrogen and oxygen atoms in total. The van der Waals surface area contributed by atoms with Gasteiger partial charge in [-0.05, 0) is 50.5 Å². The molecule has 0 N–H and O–H groups in total. The van der Waals surface area contributed by atoms with Crippen molar-refractivity contribution >= 4 is 11.8 Å². The van der Waals surface area contributed by atoms with Crippen molar-refractivity contribution in [2.24, 2.45) is 0 Å². The molecule has 0 aliphatic carbocycles. The minimum Gasteiger partial charge on any atom is -0.485 e. The quantitative estimate of drug-likeness (QED) is 0.568. The third kappa shape index (κ3) is 3.76. The monoisotopic (exact) mass is 343 g/mol. The van der Waals surface area contributed by atoms with Gasteiger partial charge in [0.05, 0.1) is 7.11 Å². The Kier molecular flexibility index (Phi) is 6.02. The van der Waals surface area contributed by atoms with Gasteiger partial charge < -0.3 is 14.0 Å². The lowest BCUT2D eigenvalue weighted by Gasteiger charge is -2.08. The van der Waals surface area contributed by atoms with Gasteiger partial charge in [-0.1, -0.05) is 19.1 Å². The van der Waals surface area contributed by atoms with E-state index in [1.54, 1.807) is 6.92 Å². The number of nitrogens with zero attached hydrogens (tertiary/aromatic N) is 1. The number of benzene rings is 1. The molecule has 0 amide bonds. The molecule has 2 rings (SSSR count). The maximum absolute atomic E-state index is 12.7. The first-order valence-electron chi connectivity index (χ1n) is 8.47. The predicted octanol–water partition coefficient (Wildman–Crippen LogP) is 3.74. The van der Waals surface area contributed by atoms with Crippen LogP contribution >= 0.6 is 0 Å². The van der Waals surface area contributed by atoms with Gasteiger partial charge in [0, 0.05) is 17.8 Å². The van der Waals surface area contributed by atoms with Gasteiger partial charge in [-0.15, -0.1) is 0 Å². The molecular weight excluding hydrogens is 318 g/mol. The number of aryl methyl sites for hydroxylation is 1. The molecule has 0 radical (unpaired) electrons. The zero-order chi connectivity index (χ0) is 18.6. The summed E-state index contributed by atoms with van der Waals surface area (Å²) in [4.78, 5) is 24.8. The lowest BCUT2D eigenvalue weighted by Crippen LogP contribution is -2.13. The second kappa shape index (κ2) is 8.01. The number of rotatable bonds is 7. The third-order valence-corrected chi connectivity index (χ3v) is 4.42. The largest absolute Gasteiger partial charge is 0.485 e. The zero-order valence-electron chi connectivity index (χ0n) is 15.5. The van der Waals surface area contributed by atoms with Crippen molar-refractivity contribution in [2.75, 3.05) is 13.7 Å². The Morgan fingerprint density at radius 1 is 1.16 bits per heavy atom. The van der Waals surface area contributed by atoms with Crippen LogP contribution in [-0.4, -0.2) is 30.0 Å². The average Bonchev–Trinajstić information content (AvgIpc) is 2.89. The summed E-state index contributed by atoms with van der Waals surface area (Å²) in [5.41, 5.74) is 3.52. The number of hydrogen-bond donors (Lipinski definition) is 0. The van der Waals surface area contributed by atoms with E-state index in [2.05, 4.69) is 6.92 Å². The summed E-state index contributed by atoms with van der Waals surface area (Å²) < 4.78 is 12.3. The van der Waals surface area contributed by atoms with Crippen LogP contribution in [0.5, 0.6) is 5.75 Å². The number of carbonyl (C=O) groups is 2. The number of aromatic nitrogens is 1. The van der Waals surface area contributed by atoms with Gasteiger partial charge in [0.25, 0.3) is 0 Å². The molecule has 0 aliphatic heterocycles. The third-order valence-electron chi connectivity index (χ3n) is 4.42. The number of hydrogen-bond acceptors (Lipinski definition) is 4. The van der Waals surface area contributed by atoms with Gasteiger partial charge in [0.1, 0.15) is 11.4 Å². The molecule has 0 unspecified atom stereocenters. The van der Waals surface area contributed by atoms with Crippen LogP contribution in [0.3, 0.4) is 0 Å². The molecule has 0 spiro atoms. The standard InChI is InChI=1S/C20H25NO4/c1-6-15-9-8-10-16(11-15)25-12-17(22)18-13(3)19(20(23)24-5)21(7-2)14(18)4/h8-11H,6-7,12H2,1-5H3. The lowest BCUT2D eigenvalue weighted by molar-refractivity contribution is 0.0587. The summed E-state index contributed by atoms with van der Waals surface area (Å²) in [6.45, 7) is 8.13. The molecule has 5 heteroatoms. The van der Waals surface area contributed by atoms with E-state index < -0.39 is 5.97 Å². The predicted molar refractivity (Wildman–Crippen MR) is 96.6 cm³/mol. The summed E-state index contributed by atoms with van der Waals surface area (Å²) in [6, 6.07) is 7.71. The fraction of sp³-hybridized carbons (Fsp3) is 0.400. The van der Waals surface area contributed by atoms with Crippen molar-refractivity contribution in [1.29, 1.82) is 0 Å². The molecule has 2 aromatic rings. The molecule has 0 saturated heterocycles. The fourth-order valence-corrected chi connectivity index (χ4v) is 3.14. The number of carbonyl (C=O) groups excluding carboxylic acids is 2. The molecule has 0 fully saturated rings. The number of Topliss-reactive ketones (excluding diaryl/α,β-unsaturated/α-hetero) is 1. The number of esters is 1. The van der Waals surface area contributed by atoms with Crippen molar-refractivity contribution in [1.82, 2.24) is 4.57 Å². The topological polar surface area (TPSA) is 57.5 Å². The smallest absolute Gasteiger partial charge is 0.354 e. The van der Waals surface area contributed by atoms with E-state index in [9.17, 15) is 9.59 Å². The van der Waals surface area contributed by atoms with Gasteiger partial charge in [0.2, 0.25) is 5.78 Å². The maximum Gasteiger partial charge on any atom is 0.354 e. The summed E-state index contributed by atoms with van der Waals surface area (Å²) in [7, 11) is 1.34. The van der Waals surface area contributed by atoms with E-state index in [-0.39, 0.29) is 12.4 Å². The van der Waals surface area contributed by atoms with Crippen LogP contribution in [0.25, 0.3) is 0 Å². The van der Waals surface area contributed by atoms with Crippen molar-refractivity contribution in [3.05, 3.63) is 52.3 Å². The summed E-state index contributed by atoms with van der Waals surface area (Å²) in [5.74, 6) is 0.0958. The van der Waals surface area contributed by atoms with Crippen molar-refractivity contribution in [2.45, 2.75) is 40.7 Å². The molecule has 1 aromatic carbocycles. The highest BCUT2D eigenvalue weighted by molar-refractivity contribution is 6.03. The maximum atomic E-state index is 12.7. The molecule has 0 bridgehead atoms. The lowest BCUT2D eigenvalue weighted by atomic mass is 10.1. The fourth-order valence-electron chi connectivity index (χ4n) is 3.14. The summed E-state index contributed by atoms with van der Waals surface area (Å²) >= 11 is 0. The second-order valence-corrected chi connectivity index (χ2v) is 5.88. The van der Waals surface area contributed by atoms with Crippen LogP contribution in [0.2, 0.25) is 0 Å². The number of ether oxygens (including phenoxy) is 2. The van der Waals surface area contributed by atoms with Crippen LogP contribution in [0.15, 0.2) is 24.3 Å². The highest BCUT2D eigenvalue weighted by Crippen LogP contribution is 2.24. The molecule has 1 heterocycles. The van der Waals surface area contributed by atoms with Crippen molar-refractivity contribution in [3.63, 3.8) is 0 Å². The van der Waals surface area contributed by atoms with Gasteiger partial charge in [-0.2, -0.15) is 0 Å². The molecule has 1 aromatic heterocycles. The molecule has 134 valence electrons. The van der Waals surface area contributed by atoms with Gasteiger partial charge >= 0.3 is 5.97 Å². The zero-order valence-corrected chi connectivity index (χ0v) is 15.5. The average molecular weight is 343 g/mol. The Hall–Kier alpha value is -2.56. The van der Waals surface area contributed by atoms with E-state index in [0.29, 0.717) is 29.1 Å². The highest BCUT2D eigenvalue weighted by atomic mass is 16.5. The van der Waals surface area contributed by atoms with Crippen LogP contribution in [0, 0.1) is 13.8 Å². The van der Waals surface area contributed by atoms with Gasteiger partial charge in [-0.3, -0.25) is 4.79 Å². The molecular formula is C20H25NO4.